The summed E-state index contributed by atoms with van der Waals surface area (Å²) in [5, 5.41) is 0. The van der Waals surface area contributed by atoms with Crippen LogP contribution in [0.5, 0.6) is 17.2 Å². The summed E-state index contributed by atoms with van der Waals surface area (Å²) < 4.78 is 17.4. The fourth-order valence-electron chi connectivity index (χ4n) is 5.42. The molecule has 0 N–H and O–H groups in total. The number of ether oxygens (including phenoxy) is 3. The monoisotopic (exact) mass is 550 g/mol. The molecule has 0 bridgehead atoms. The lowest BCUT2D eigenvalue weighted by molar-refractivity contribution is -0.120. The summed E-state index contributed by atoms with van der Waals surface area (Å²) in [7, 11) is 7.35. The Hall–Kier alpha value is -4.45. The fourth-order valence-corrected chi connectivity index (χ4v) is 5.42. The van der Waals surface area contributed by atoms with Crippen LogP contribution in [0.15, 0.2) is 91.0 Å². The van der Waals surface area contributed by atoms with Gasteiger partial charge in [-0.15, -0.1) is 0 Å². The number of carbonyl (C=O) groups excluding carboxylic acids is 1. The molecule has 1 aliphatic carbocycles. The molecule has 0 aliphatic heterocycles. The molecule has 0 aromatic heterocycles. The topological polar surface area (TPSA) is 51.2 Å². The van der Waals surface area contributed by atoms with Crippen LogP contribution in [0.4, 0.5) is 11.4 Å². The Kier molecular flexibility index (Phi) is 8.78. The maximum absolute atomic E-state index is 14.5. The van der Waals surface area contributed by atoms with Crippen molar-refractivity contribution < 1.29 is 19.0 Å². The highest BCUT2D eigenvalue weighted by Gasteiger charge is 2.33. The lowest BCUT2D eigenvalue weighted by Gasteiger charge is -2.32. The Morgan fingerprint density at radius 3 is 2.15 bits per heavy atom. The number of carbonyl (C=O) groups is 1. The van der Waals surface area contributed by atoms with Gasteiger partial charge in [0, 0.05) is 31.5 Å². The zero-order valence-corrected chi connectivity index (χ0v) is 24.3. The number of amides is 1. The summed E-state index contributed by atoms with van der Waals surface area (Å²) in [4.78, 5) is 18.5. The van der Waals surface area contributed by atoms with E-state index in [1.54, 1.807) is 14.2 Å². The fraction of sp³-hybridized carbons (Fsp3) is 0.286. The van der Waals surface area contributed by atoms with E-state index in [2.05, 4.69) is 41.3 Å². The zero-order chi connectivity index (χ0) is 28.8. The first-order chi connectivity index (χ1) is 20.0. The van der Waals surface area contributed by atoms with Gasteiger partial charge in [-0.3, -0.25) is 4.79 Å². The second kappa shape index (κ2) is 12.8. The Morgan fingerprint density at radius 1 is 0.805 bits per heavy atom. The number of fused-ring (bicyclic) bond motifs is 1. The Morgan fingerprint density at radius 2 is 1.49 bits per heavy atom. The summed E-state index contributed by atoms with van der Waals surface area (Å²) in [6.45, 7) is 0.923. The first-order valence-corrected chi connectivity index (χ1v) is 14.1. The van der Waals surface area contributed by atoms with Crippen molar-refractivity contribution in [2.24, 2.45) is 0 Å². The van der Waals surface area contributed by atoms with Gasteiger partial charge in [0.15, 0.2) is 0 Å². The van der Waals surface area contributed by atoms with Gasteiger partial charge in [-0.1, -0.05) is 42.5 Å². The van der Waals surface area contributed by atoms with Crippen molar-refractivity contribution in [3.8, 4) is 17.2 Å². The highest BCUT2D eigenvalue weighted by molar-refractivity contribution is 5.98. The van der Waals surface area contributed by atoms with Crippen molar-refractivity contribution in [2.45, 2.75) is 38.3 Å². The molecule has 4 aromatic carbocycles. The SMILES string of the molecule is COc1ccc(N(Cc2ccc(N(C)C)cc2)C(=O)C2CCCc3c(OCc4ccccc4)cc(OC)cc32)cc1. The summed E-state index contributed by atoms with van der Waals surface area (Å²) >= 11 is 0. The highest BCUT2D eigenvalue weighted by atomic mass is 16.5. The van der Waals surface area contributed by atoms with Crippen molar-refractivity contribution in [3.63, 3.8) is 0 Å². The molecular weight excluding hydrogens is 512 g/mol. The van der Waals surface area contributed by atoms with Crippen LogP contribution < -0.4 is 24.0 Å². The smallest absolute Gasteiger partial charge is 0.234 e. The van der Waals surface area contributed by atoms with Crippen LogP contribution in [-0.2, 0) is 24.4 Å². The van der Waals surface area contributed by atoms with E-state index in [9.17, 15) is 4.79 Å². The third-order valence-corrected chi connectivity index (χ3v) is 7.73. The standard InChI is InChI=1S/C35H38N2O4/c1-36(2)27-15-13-25(14-16-27)23-37(28-17-19-29(39-3)20-18-28)35(38)32-12-8-11-31-33(32)21-30(40-4)22-34(31)41-24-26-9-6-5-7-10-26/h5-7,9-10,13-22,32H,8,11-12,23-24H2,1-4H3. The number of nitrogens with zero attached hydrogens (tertiary/aromatic N) is 2. The van der Waals surface area contributed by atoms with Crippen LogP contribution in [0.1, 0.15) is 41.0 Å². The van der Waals surface area contributed by atoms with Crippen molar-refractivity contribution in [1.29, 1.82) is 0 Å². The molecule has 1 aliphatic rings. The molecule has 41 heavy (non-hydrogen) atoms. The Bertz CT molecular complexity index is 1450. The largest absolute Gasteiger partial charge is 0.497 e. The van der Waals surface area contributed by atoms with Crippen molar-refractivity contribution in [3.05, 3.63) is 113 Å². The second-order valence-electron chi connectivity index (χ2n) is 10.6. The van der Waals surface area contributed by atoms with Crippen molar-refractivity contribution in [1.82, 2.24) is 0 Å². The summed E-state index contributed by atoms with van der Waals surface area (Å²) in [5.41, 5.74) is 6.20. The van der Waals surface area contributed by atoms with Crippen LogP contribution in [0.25, 0.3) is 0 Å². The lowest BCUT2D eigenvalue weighted by Crippen LogP contribution is -2.36. The maximum atomic E-state index is 14.5. The van der Waals surface area contributed by atoms with Gasteiger partial charge >= 0.3 is 0 Å². The van der Waals surface area contributed by atoms with Crippen LogP contribution >= 0.6 is 0 Å². The van der Waals surface area contributed by atoms with Gasteiger partial charge in [0.1, 0.15) is 23.9 Å². The molecule has 6 nitrogen and oxygen atoms in total. The Balaban J connectivity index is 1.49. The minimum absolute atomic E-state index is 0.0649. The van der Waals surface area contributed by atoms with Gasteiger partial charge in [-0.2, -0.15) is 0 Å². The molecule has 4 aromatic rings. The quantitative estimate of drug-likeness (QED) is 0.213. The molecule has 0 heterocycles. The van der Waals surface area contributed by atoms with Crippen molar-refractivity contribution >= 4 is 17.3 Å². The molecule has 1 amide bonds. The minimum atomic E-state index is -0.309. The lowest BCUT2D eigenvalue weighted by atomic mass is 9.81. The normalized spacial score (nSPS) is 14.1. The molecule has 6 heteroatoms. The van der Waals surface area contributed by atoms with Gasteiger partial charge < -0.3 is 24.0 Å². The number of anilines is 2. The third kappa shape index (κ3) is 6.49. The first-order valence-electron chi connectivity index (χ1n) is 14.1. The van der Waals surface area contributed by atoms with Crippen LogP contribution in [0.2, 0.25) is 0 Å². The second-order valence-corrected chi connectivity index (χ2v) is 10.6. The minimum Gasteiger partial charge on any atom is -0.497 e. The molecule has 0 saturated heterocycles. The van der Waals surface area contributed by atoms with E-state index < -0.39 is 0 Å². The van der Waals surface area contributed by atoms with Crippen molar-refractivity contribution in [2.75, 3.05) is 38.1 Å². The predicted octanol–water partition coefficient (Wildman–Crippen LogP) is 7.00. The number of benzene rings is 4. The van der Waals surface area contributed by atoms with Gasteiger partial charge in [0.2, 0.25) is 5.91 Å². The van der Waals surface area contributed by atoms with E-state index in [1.807, 2.05) is 73.6 Å². The third-order valence-electron chi connectivity index (χ3n) is 7.73. The van der Waals surface area contributed by atoms with Gasteiger partial charge in [-0.25, -0.2) is 0 Å². The number of rotatable bonds is 10. The molecular formula is C35H38N2O4. The van der Waals surface area contributed by atoms with E-state index in [-0.39, 0.29) is 11.8 Å². The number of methoxy groups -OCH3 is 2. The van der Waals surface area contributed by atoms with Gasteiger partial charge in [0.25, 0.3) is 0 Å². The van der Waals surface area contributed by atoms with E-state index in [1.165, 1.54) is 0 Å². The zero-order valence-electron chi connectivity index (χ0n) is 24.3. The molecule has 0 saturated carbocycles. The van der Waals surface area contributed by atoms with Crippen LogP contribution in [-0.4, -0.2) is 34.2 Å². The van der Waals surface area contributed by atoms with Crippen LogP contribution in [0, 0.1) is 0 Å². The van der Waals surface area contributed by atoms with Crippen LogP contribution in [0.3, 0.4) is 0 Å². The Labute approximate surface area is 243 Å². The molecule has 1 atom stereocenters. The summed E-state index contributed by atoms with van der Waals surface area (Å²) in [5.74, 6) is 1.99. The number of hydrogen-bond donors (Lipinski definition) is 0. The summed E-state index contributed by atoms with van der Waals surface area (Å²) in [6.07, 6.45) is 2.54. The molecule has 5 rings (SSSR count). The molecule has 1 unspecified atom stereocenters. The summed E-state index contributed by atoms with van der Waals surface area (Å²) in [6, 6.07) is 30.1. The van der Waals surface area contributed by atoms with E-state index in [0.29, 0.717) is 18.9 Å². The van der Waals surface area contributed by atoms with E-state index >= 15 is 0 Å². The average molecular weight is 551 g/mol. The molecule has 0 radical (unpaired) electrons. The predicted molar refractivity (Wildman–Crippen MR) is 164 cm³/mol. The molecule has 212 valence electrons. The van der Waals surface area contributed by atoms with Gasteiger partial charge in [-0.05, 0) is 84.0 Å². The number of hydrogen-bond acceptors (Lipinski definition) is 5. The van der Waals surface area contributed by atoms with E-state index in [4.69, 9.17) is 14.2 Å². The average Bonchev–Trinajstić information content (AvgIpc) is 3.02. The highest BCUT2D eigenvalue weighted by Crippen LogP contribution is 2.42. The molecule has 0 spiro atoms. The van der Waals surface area contributed by atoms with E-state index in [0.717, 1.165) is 64.4 Å². The maximum Gasteiger partial charge on any atom is 0.234 e. The van der Waals surface area contributed by atoms with Gasteiger partial charge in [0.05, 0.1) is 26.7 Å². The first kappa shape index (κ1) is 28.1. The molecule has 0 fully saturated rings.